The van der Waals surface area contributed by atoms with Crippen molar-refractivity contribution in [3.8, 4) is 0 Å². The van der Waals surface area contributed by atoms with Crippen LogP contribution < -0.4 is 5.32 Å². The number of aliphatic carboxylic acids is 1. The van der Waals surface area contributed by atoms with E-state index in [0.29, 0.717) is 21.4 Å². The second kappa shape index (κ2) is 10.5. The number of carboxylic acid groups (broad SMARTS) is 1. The molecule has 6 nitrogen and oxygen atoms in total. The van der Waals surface area contributed by atoms with Gasteiger partial charge in [-0.15, -0.1) is 0 Å². The molecule has 0 saturated carbocycles. The smallest absolute Gasteiger partial charge is 0.326 e. The number of benzene rings is 1. The molecule has 1 aliphatic rings. The molecule has 27 heavy (non-hydrogen) atoms. The fourth-order valence-corrected chi connectivity index (χ4v) is 4.15. The quantitative estimate of drug-likeness (QED) is 0.465. The van der Waals surface area contributed by atoms with Crippen LogP contribution in [0.15, 0.2) is 35.2 Å². The number of amides is 2. The maximum absolute atomic E-state index is 12.5. The summed E-state index contributed by atoms with van der Waals surface area (Å²) in [6.07, 6.45) is 3.98. The molecule has 1 aliphatic heterocycles. The van der Waals surface area contributed by atoms with Crippen LogP contribution >= 0.6 is 35.7 Å². The van der Waals surface area contributed by atoms with Gasteiger partial charge < -0.3 is 10.4 Å². The summed E-state index contributed by atoms with van der Waals surface area (Å²) in [4.78, 5) is 37.7. The van der Waals surface area contributed by atoms with E-state index < -0.39 is 17.9 Å². The molecule has 1 heterocycles. The van der Waals surface area contributed by atoms with Crippen LogP contribution in [-0.4, -0.2) is 56.7 Å². The largest absolute Gasteiger partial charge is 0.480 e. The van der Waals surface area contributed by atoms with Gasteiger partial charge in [-0.2, -0.15) is 11.8 Å². The van der Waals surface area contributed by atoms with Gasteiger partial charge in [0.2, 0.25) is 5.91 Å². The highest BCUT2D eigenvalue weighted by molar-refractivity contribution is 8.26. The molecule has 1 saturated heterocycles. The molecule has 0 aromatic heterocycles. The number of nitrogens with zero attached hydrogens (tertiary/aromatic N) is 1. The number of hydrogen-bond acceptors (Lipinski definition) is 6. The first kappa shape index (κ1) is 21.5. The van der Waals surface area contributed by atoms with Gasteiger partial charge >= 0.3 is 5.97 Å². The van der Waals surface area contributed by atoms with Crippen LogP contribution in [0.2, 0.25) is 0 Å². The van der Waals surface area contributed by atoms with E-state index in [4.69, 9.17) is 17.3 Å². The molecule has 2 amide bonds. The molecule has 9 heteroatoms. The van der Waals surface area contributed by atoms with Crippen molar-refractivity contribution in [3.63, 3.8) is 0 Å². The van der Waals surface area contributed by atoms with E-state index in [1.54, 1.807) is 6.08 Å². The van der Waals surface area contributed by atoms with Crippen molar-refractivity contribution >= 4 is 63.9 Å². The van der Waals surface area contributed by atoms with Crippen molar-refractivity contribution in [2.75, 3.05) is 18.6 Å². The fourth-order valence-electron chi connectivity index (χ4n) is 2.37. The van der Waals surface area contributed by atoms with Crippen molar-refractivity contribution in [3.05, 3.63) is 40.8 Å². The normalized spacial score (nSPS) is 16.6. The molecule has 0 radical (unpaired) electrons. The van der Waals surface area contributed by atoms with Crippen LogP contribution in [0.1, 0.15) is 18.4 Å². The number of carbonyl (C=O) groups is 3. The molecule has 0 spiro atoms. The molecule has 0 aliphatic carbocycles. The Morgan fingerprint density at radius 3 is 2.70 bits per heavy atom. The van der Waals surface area contributed by atoms with E-state index in [-0.39, 0.29) is 18.9 Å². The molecule has 1 fully saturated rings. The topological polar surface area (TPSA) is 86.7 Å². The van der Waals surface area contributed by atoms with Gasteiger partial charge in [0, 0.05) is 13.0 Å². The fraction of sp³-hybridized carbons (Fsp3) is 0.333. The molecular weight excluding hydrogens is 404 g/mol. The predicted octanol–water partition coefficient (Wildman–Crippen LogP) is 2.60. The van der Waals surface area contributed by atoms with Crippen LogP contribution in [0.4, 0.5) is 0 Å². The highest BCUT2D eigenvalue weighted by atomic mass is 32.2. The molecule has 0 unspecified atom stereocenters. The number of carbonyl (C=O) groups excluding carboxylic acids is 2. The third-order valence-corrected chi connectivity index (χ3v) is 5.80. The molecule has 2 N–H and O–H groups in total. The van der Waals surface area contributed by atoms with Gasteiger partial charge in [-0.25, -0.2) is 4.79 Å². The van der Waals surface area contributed by atoms with E-state index in [2.05, 4.69) is 5.32 Å². The Morgan fingerprint density at radius 2 is 2.07 bits per heavy atom. The van der Waals surface area contributed by atoms with Gasteiger partial charge in [0.05, 0.1) is 4.91 Å². The van der Waals surface area contributed by atoms with Crippen molar-refractivity contribution in [2.24, 2.45) is 0 Å². The van der Waals surface area contributed by atoms with E-state index in [1.165, 1.54) is 28.4 Å². The third kappa shape index (κ3) is 6.37. The Kier molecular flexibility index (Phi) is 8.33. The first-order valence-corrected chi connectivity index (χ1v) is 10.9. The van der Waals surface area contributed by atoms with Crippen molar-refractivity contribution in [1.82, 2.24) is 10.2 Å². The zero-order chi connectivity index (χ0) is 19.8. The van der Waals surface area contributed by atoms with E-state index >= 15 is 0 Å². The second-order valence-corrected chi connectivity index (χ2v) is 8.40. The summed E-state index contributed by atoms with van der Waals surface area (Å²) < 4.78 is 0.396. The van der Waals surface area contributed by atoms with Crippen molar-refractivity contribution < 1.29 is 19.5 Å². The van der Waals surface area contributed by atoms with E-state index in [0.717, 1.165) is 5.56 Å². The van der Waals surface area contributed by atoms with Crippen molar-refractivity contribution in [2.45, 2.75) is 18.9 Å². The second-order valence-electron chi connectivity index (χ2n) is 5.73. The minimum atomic E-state index is -1.06. The van der Waals surface area contributed by atoms with Gasteiger partial charge in [0.15, 0.2) is 0 Å². The Balaban J connectivity index is 1.92. The van der Waals surface area contributed by atoms with Gasteiger partial charge in [0.1, 0.15) is 10.4 Å². The third-order valence-electron chi connectivity index (χ3n) is 3.78. The molecule has 1 atom stereocenters. The summed E-state index contributed by atoms with van der Waals surface area (Å²) in [5.74, 6) is -1.08. The molecule has 0 bridgehead atoms. The molecular formula is C18H20N2O4S3. The van der Waals surface area contributed by atoms with Gasteiger partial charge in [0.25, 0.3) is 5.91 Å². The van der Waals surface area contributed by atoms with Crippen molar-refractivity contribution in [1.29, 1.82) is 0 Å². The van der Waals surface area contributed by atoms with Crippen LogP contribution in [0.5, 0.6) is 0 Å². The maximum Gasteiger partial charge on any atom is 0.326 e. The minimum absolute atomic E-state index is 0.00585. The number of nitrogens with one attached hydrogen (secondary N) is 1. The lowest BCUT2D eigenvalue weighted by atomic mass is 10.2. The van der Waals surface area contributed by atoms with E-state index in [1.807, 2.05) is 36.6 Å². The lowest BCUT2D eigenvalue weighted by Crippen LogP contribution is -2.42. The molecule has 1 aromatic rings. The summed E-state index contributed by atoms with van der Waals surface area (Å²) >= 11 is 7.96. The Morgan fingerprint density at radius 1 is 1.37 bits per heavy atom. The van der Waals surface area contributed by atoms with Crippen LogP contribution in [0.3, 0.4) is 0 Å². The summed E-state index contributed by atoms with van der Waals surface area (Å²) in [6.45, 7) is 0.123. The Hall–Kier alpha value is -1.84. The van der Waals surface area contributed by atoms with Gasteiger partial charge in [-0.05, 0) is 30.1 Å². The van der Waals surface area contributed by atoms with Crippen LogP contribution in [-0.2, 0) is 14.4 Å². The summed E-state index contributed by atoms with van der Waals surface area (Å²) in [7, 11) is 0. The number of rotatable bonds is 9. The number of thiocarbonyl (C=S) groups is 1. The average molecular weight is 425 g/mol. The first-order valence-electron chi connectivity index (χ1n) is 8.24. The summed E-state index contributed by atoms with van der Waals surface area (Å²) in [5.41, 5.74) is 0.897. The molecule has 144 valence electrons. The predicted molar refractivity (Wildman–Crippen MR) is 114 cm³/mol. The summed E-state index contributed by atoms with van der Waals surface area (Å²) in [6, 6.07) is 8.51. The van der Waals surface area contributed by atoms with Gasteiger partial charge in [-0.3, -0.25) is 14.5 Å². The van der Waals surface area contributed by atoms with Gasteiger partial charge in [-0.1, -0.05) is 54.3 Å². The zero-order valence-corrected chi connectivity index (χ0v) is 17.2. The number of carboxylic acids is 1. The first-order chi connectivity index (χ1) is 12.9. The number of thioether (sulfide) groups is 2. The Labute approximate surface area is 171 Å². The number of hydrogen-bond donors (Lipinski definition) is 2. The monoisotopic (exact) mass is 424 g/mol. The highest BCUT2D eigenvalue weighted by Gasteiger charge is 2.32. The Bertz CT molecular complexity index is 752. The zero-order valence-electron chi connectivity index (χ0n) is 14.7. The van der Waals surface area contributed by atoms with E-state index in [9.17, 15) is 14.4 Å². The molecule has 1 aromatic carbocycles. The lowest BCUT2D eigenvalue weighted by molar-refractivity contribution is -0.142. The molecule has 2 rings (SSSR count). The standard InChI is InChI=1S/C18H20N2O4S3/c1-26-10-8-13(17(23)24)19-15(21)7-9-20-16(22)14(27-18(20)25)11-12-5-3-2-4-6-12/h2-6,11,13H,7-10H2,1H3,(H,19,21)(H,23,24)/b14-11+/t13-/m0/s1. The summed E-state index contributed by atoms with van der Waals surface area (Å²) in [5, 5.41) is 11.7. The minimum Gasteiger partial charge on any atom is -0.480 e. The average Bonchev–Trinajstić information content (AvgIpc) is 2.90. The highest BCUT2D eigenvalue weighted by Crippen LogP contribution is 2.32. The SMILES string of the molecule is CSCC[C@H](NC(=O)CCN1C(=O)/C(=C\c2ccccc2)SC1=S)C(=O)O. The van der Waals surface area contributed by atoms with Crippen LogP contribution in [0.25, 0.3) is 6.08 Å². The maximum atomic E-state index is 12.5. The van der Waals surface area contributed by atoms with Crippen LogP contribution in [0, 0.1) is 0 Å². The lowest BCUT2D eigenvalue weighted by Gasteiger charge is -2.17.